The summed E-state index contributed by atoms with van der Waals surface area (Å²) in [4.78, 5) is 15.1. The number of piperazine rings is 1. The second-order valence-corrected chi connectivity index (χ2v) is 6.36. The SMILES string of the molecule is CCOc1nc(N2CCNCC2)nc2c1[nH]c1c(Br)cccc12. The minimum absolute atomic E-state index is 0.573. The summed E-state index contributed by atoms with van der Waals surface area (Å²) in [6.45, 7) is 6.25. The zero-order valence-corrected chi connectivity index (χ0v) is 14.5. The summed E-state index contributed by atoms with van der Waals surface area (Å²) in [6.07, 6.45) is 0. The number of H-pyrrole nitrogens is 1. The standard InChI is InChI=1S/C16H18BrN5O/c1-2-23-15-14-13(10-4-3-5-11(17)12(10)19-14)20-16(21-15)22-8-6-18-7-9-22/h3-5,18-19H,2,6-9H2,1H3. The Labute approximate surface area is 142 Å². The molecular weight excluding hydrogens is 358 g/mol. The molecule has 6 nitrogen and oxygen atoms in total. The number of benzene rings is 1. The number of para-hydroxylation sites is 1. The van der Waals surface area contributed by atoms with Crippen molar-refractivity contribution in [2.45, 2.75) is 6.92 Å². The van der Waals surface area contributed by atoms with Gasteiger partial charge in [0.1, 0.15) is 11.0 Å². The van der Waals surface area contributed by atoms with Gasteiger partial charge in [-0.25, -0.2) is 4.98 Å². The number of hydrogen-bond donors (Lipinski definition) is 2. The second kappa shape index (κ2) is 5.98. The quantitative estimate of drug-likeness (QED) is 0.736. The fourth-order valence-electron chi connectivity index (χ4n) is 2.96. The third-order valence-electron chi connectivity index (χ3n) is 4.06. The molecule has 3 heterocycles. The number of halogens is 1. The highest BCUT2D eigenvalue weighted by atomic mass is 79.9. The Bertz CT molecular complexity index is 856. The van der Waals surface area contributed by atoms with Crippen molar-refractivity contribution in [2.75, 3.05) is 37.7 Å². The lowest BCUT2D eigenvalue weighted by molar-refractivity contribution is 0.330. The van der Waals surface area contributed by atoms with Gasteiger partial charge < -0.3 is 19.9 Å². The van der Waals surface area contributed by atoms with Crippen LogP contribution in [0.15, 0.2) is 22.7 Å². The molecule has 0 atom stereocenters. The number of hydrogen-bond acceptors (Lipinski definition) is 5. The first kappa shape index (κ1) is 14.7. The van der Waals surface area contributed by atoms with Crippen molar-refractivity contribution >= 4 is 43.8 Å². The van der Waals surface area contributed by atoms with Gasteiger partial charge in [-0.15, -0.1) is 0 Å². The van der Waals surface area contributed by atoms with Crippen LogP contribution in [-0.2, 0) is 0 Å². The van der Waals surface area contributed by atoms with Crippen molar-refractivity contribution in [3.8, 4) is 5.88 Å². The van der Waals surface area contributed by atoms with Gasteiger partial charge in [-0.3, -0.25) is 0 Å². The van der Waals surface area contributed by atoms with Crippen LogP contribution in [0.4, 0.5) is 5.95 Å². The van der Waals surface area contributed by atoms with Crippen LogP contribution < -0.4 is 15.0 Å². The highest BCUT2D eigenvalue weighted by molar-refractivity contribution is 9.10. The maximum atomic E-state index is 5.78. The highest BCUT2D eigenvalue weighted by Crippen LogP contribution is 2.34. The zero-order valence-electron chi connectivity index (χ0n) is 12.9. The molecule has 1 aromatic carbocycles. The highest BCUT2D eigenvalue weighted by Gasteiger charge is 2.19. The lowest BCUT2D eigenvalue weighted by Crippen LogP contribution is -2.44. The lowest BCUT2D eigenvalue weighted by atomic mass is 10.2. The molecule has 0 saturated carbocycles. The molecule has 1 fully saturated rings. The van der Waals surface area contributed by atoms with E-state index in [0.29, 0.717) is 12.5 Å². The zero-order chi connectivity index (χ0) is 15.8. The maximum absolute atomic E-state index is 5.78. The molecule has 0 unspecified atom stereocenters. The molecule has 0 amide bonds. The Morgan fingerprint density at radius 1 is 1.22 bits per heavy atom. The first-order valence-electron chi connectivity index (χ1n) is 7.84. The van der Waals surface area contributed by atoms with Gasteiger partial charge in [0.05, 0.1) is 12.1 Å². The van der Waals surface area contributed by atoms with Crippen molar-refractivity contribution in [1.82, 2.24) is 20.3 Å². The fourth-order valence-corrected chi connectivity index (χ4v) is 3.42. The number of rotatable bonds is 3. The molecule has 4 rings (SSSR count). The number of nitrogens with one attached hydrogen (secondary N) is 2. The van der Waals surface area contributed by atoms with Crippen LogP contribution in [0.5, 0.6) is 5.88 Å². The van der Waals surface area contributed by atoms with Crippen molar-refractivity contribution in [3.05, 3.63) is 22.7 Å². The van der Waals surface area contributed by atoms with E-state index in [1.54, 1.807) is 0 Å². The normalized spacial score (nSPS) is 15.5. The number of ether oxygens (including phenoxy) is 1. The molecule has 0 spiro atoms. The van der Waals surface area contributed by atoms with Gasteiger partial charge in [0.15, 0.2) is 0 Å². The number of fused-ring (bicyclic) bond motifs is 3. The second-order valence-electron chi connectivity index (χ2n) is 5.51. The van der Waals surface area contributed by atoms with Crippen molar-refractivity contribution in [3.63, 3.8) is 0 Å². The smallest absolute Gasteiger partial charge is 0.243 e. The van der Waals surface area contributed by atoms with E-state index >= 15 is 0 Å². The van der Waals surface area contributed by atoms with Crippen molar-refractivity contribution in [2.24, 2.45) is 0 Å². The Hall–Kier alpha value is -1.86. The van der Waals surface area contributed by atoms with Crippen LogP contribution >= 0.6 is 15.9 Å². The molecular formula is C16H18BrN5O. The van der Waals surface area contributed by atoms with E-state index in [9.17, 15) is 0 Å². The molecule has 2 aromatic heterocycles. The Kier molecular flexibility index (Phi) is 3.82. The van der Waals surface area contributed by atoms with Crippen LogP contribution in [0.1, 0.15) is 6.92 Å². The molecule has 23 heavy (non-hydrogen) atoms. The predicted octanol–water partition coefficient (Wildman–Crippen LogP) is 2.68. The van der Waals surface area contributed by atoms with Gasteiger partial charge in [0.2, 0.25) is 11.8 Å². The van der Waals surface area contributed by atoms with Crippen LogP contribution in [-0.4, -0.2) is 47.7 Å². The Balaban J connectivity index is 1.95. The molecule has 1 saturated heterocycles. The molecule has 7 heteroatoms. The van der Waals surface area contributed by atoms with Crippen LogP contribution in [0.3, 0.4) is 0 Å². The number of nitrogens with zero attached hydrogens (tertiary/aromatic N) is 3. The van der Waals surface area contributed by atoms with E-state index in [2.05, 4.69) is 42.2 Å². The van der Waals surface area contributed by atoms with Gasteiger partial charge in [-0.2, -0.15) is 4.98 Å². The summed E-state index contributed by atoms with van der Waals surface area (Å²) in [5.41, 5.74) is 2.79. The number of anilines is 1. The molecule has 1 aliphatic rings. The topological polar surface area (TPSA) is 66.1 Å². The van der Waals surface area contributed by atoms with Gasteiger partial charge in [-0.1, -0.05) is 12.1 Å². The van der Waals surface area contributed by atoms with Gasteiger partial charge in [0, 0.05) is 36.0 Å². The average Bonchev–Trinajstić information content (AvgIpc) is 2.97. The maximum Gasteiger partial charge on any atom is 0.243 e. The van der Waals surface area contributed by atoms with Crippen LogP contribution in [0.2, 0.25) is 0 Å². The first-order valence-corrected chi connectivity index (χ1v) is 8.63. The minimum Gasteiger partial charge on any atom is -0.476 e. The van der Waals surface area contributed by atoms with E-state index in [1.807, 2.05) is 19.1 Å². The van der Waals surface area contributed by atoms with E-state index < -0.39 is 0 Å². The third-order valence-corrected chi connectivity index (χ3v) is 4.72. The molecule has 3 aromatic rings. The summed E-state index contributed by atoms with van der Waals surface area (Å²) in [6, 6.07) is 6.11. The predicted molar refractivity (Wildman–Crippen MR) is 95.3 cm³/mol. The fraction of sp³-hybridized carbons (Fsp3) is 0.375. The minimum atomic E-state index is 0.573. The molecule has 0 aliphatic carbocycles. The number of aromatic amines is 1. The molecule has 0 bridgehead atoms. The molecule has 2 N–H and O–H groups in total. The van der Waals surface area contributed by atoms with E-state index in [-0.39, 0.29) is 0 Å². The third kappa shape index (κ3) is 2.53. The summed E-state index contributed by atoms with van der Waals surface area (Å²) in [5.74, 6) is 1.36. The van der Waals surface area contributed by atoms with Crippen LogP contribution in [0, 0.1) is 0 Å². The van der Waals surface area contributed by atoms with Gasteiger partial charge >= 0.3 is 0 Å². The van der Waals surface area contributed by atoms with Crippen molar-refractivity contribution in [1.29, 1.82) is 0 Å². The monoisotopic (exact) mass is 375 g/mol. The summed E-state index contributed by atoms with van der Waals surface area (Å²) >= 11 is 3.59. The van der Waals surface area contributed by atoms with E-state index in [1.165, 1.54) is 0 Å². The Morgan fingerprint density at radius 3 is 2.83 bits per heavy atom. The van der Waals surface area contributed by atoms with Gasteiger partial charge in [-0.05, 0) is 28.9 Å². The first-order chi connectivity index (χ1) is 11.3. The van der Waals surface area contributed by atoms with Crippen LogP contribution in [0.25, 0.3) is 21.9 Å². The molecule has 0 radical (unpaired) electrons. The Morgan fingerprint density at radius 2 is 2.04 bits per heavy atom. The summed E-state index contributed by atoms with van der Waals surface area (Å²) < 4.78 is 6.79. The average molecular weight is 376 g/mol. The lowest BCUT2D eigenvalue weighted by Gasteiger charge is -2.27. The summed E-state index contributed by atoms with van der Waals surface area (Å²) in [7, 11) is 0. The van der Waals surface area contributed by atoms with Crippen molar-refractivity contribution < 1.29 is 4.74 Å². The molecule has 120 valence electrons. The van der Waals surface area contributed by atoms with E-state index in [4.69, 9.17) is 9.72 Å². The molecule has 1 aliphatic heterocycles. The largest absolute Gasteiger partial charge is 0.476 e. The van der Waals surface area contributed by atoms with E-state index in [0.717, 1.165) is 58.5 Å². The number of aromatic nitrogens is 3. The summed E-state index contributed by atoms with van der Waals surface area (Å²) in [5, 5.41) is 4.43. The van der Waals surface area contributed by atoms with Gasteiger partial charge in [0.25, 0.3) is 0 Å².